The minimum absolute atomic E-state index is 0.102. The van der Waals surface area contributed by atoms with Gasteiger partial charge in [0.05, 0.1) is 33.5 Å². The minimum atomic E-state index is -1.18. The molecule has 2 aromatic carbocycles. The summed E-state index contributed by atoms with van der Waals surface area (Å²) in [6.45, 7) is 10.5. The molecule has 47 heavy (non-hydrogen) atoms. The molecule has 0 saturated carbocycles. The Labute approximate surface area is 282 Å². The lowest BCUT2D eigenvalue weighted by molar-refractivity contribution is 0.0570. The van der Waals surface area contributed by atoms with Crippen LogP contribution in [-0.2, 0) is 0 Å². The van der Waals surface area contributed by atoms with Gasteiger partial charge in [-0.15, -0.1) is 5.53 Å². The fourth-order valence-corrected chi connectivity index (χ4v) is 6.43. The molecule has 0 spiro atoms. The highest BCUT2D eigenvalue weighted by molar-refractivity contribution is 6.36. The second-order valence-electron chi connectivity index (χ2n) is 12.8. The van der Waals surface area contributed by atoms with Crippen LogP contribution >= 0.6 is 23.2 Å². The van der Waals surface area contributed by atoms with Crippen LogP contribution in [0.3, 0.4) is 0 Å². The Hall–Kier alpha value is -4.21. The number of rotatable bonds is 7. The summed E-state index contributed by atoms with van der Waals surface area (Å²) in [5, 5.41) is 20.2. The van der Waals surface area contributed by atoms with Crippen molar-refractivity contribution in [3.63, 3.8) is 0 Å². The lowest BCUT2D eigenvalue weighted by Crippen LogP contribution is -2.52. The van der Waals surface area contributed by atoms with Crippen LogP contribution in [0, 0.1) is 30.0 Å². The fourth-order valence-electron chi connectivity index (χ4n) is 5.98. The number of nitrogens with one attached hydrogen (secondary N) is 4. The van der Waals surface area contributed by atoms with Gasteiger partial charge >= 0.3 is 0 Å². The summed E-state index contributed by atoms with van der Waals surface area (Å²) < 4.78 is 28.4. The molecular weight excluding hydrogens is 643 g/mol. The first-order valence-corrected chi connectivity index (χ1v) is 16.1. The molecule has 0 unspecified atom stereocenters. The number of nitrogens with zero attached hydrogens (tertiary/aromatic N) is 5. The van der Waals surface area contributed by atoms with E-state index >= 15 is 0 Å². The molecule has 1 saturated heterocycles. The van der Waals surface area contributed by atoms with Crippen molar-refractivity contribution in [1.82, 2.24) is 30.8 Å². The van der Waals surface area contributed by atoms with E-state index in [2.05, 4.69) is 63.3 Å². The van der Waals surface area contributed by atoms with Gasteiger partial charge in [0.25, 0.3) is 0 Å². The van der Waals surface area contributed by atoms with Crippen LogP contribution in [0.25, 0.3) is 10.9 Å². The van der Waals surface area contributed by atoms with Crippen LogP contribution in [0.5, 0.6) is 0 Å². The number of aromatic nitrogens is 2. The number of benzene rings is 2. The molecule has 2 aromatic heterocycles. The molecular formula is C34H35Cl2F2N9. The van der Waals surface area contributed by atoms with E-state index in [9.17, 15) is 14.0 Å². The van der Waals surface area contributed by atoms with E-state index in [0.29, 0.717) is 54.8 Å². The van der Waals surface area contributed by atoms with Crippen molar-refractivity contribution in [2.45, 2.75) is 58.2 Å². The third kappa shape index (κ3) is 6.92. The van der Waals surface area contributed by atoms with Gasteiger partial charge in [-0.25, -0.2) is 9.37 Å². The van der Waals surface area contributed by atoms with Crippen LogP contribution in [0.4, 0.5) is 25.8 Å². The van der Waals surface area contributed by atoms with Crippen LogP contribution in [0.15, 0.2) is 60.7 Å². The average Bonchev–Trinajstić information content (AvgIpc) is 3.53. The van der Waals surface area contributed by atoms with E-state index in [1.807, 2.05) is 36.3 Å². The smallest absolute Gasteiger partial charge is 0.248 e. The summed E-state index contributed by atoms with van der Waals surface area (Å²) in [5.74, 6) is -2.24. The Morgan fingerprint density at radius 1 is 1.02 bits per heavy atom. The molecule has 9 nitrogen and oxygen atoms in total. The van der Waals surface area contributed by atoms with Gasteiger partial charge in [0, 0.05) is 70.6 Å². The molecule has 244 valence electrons. The Kier molecular flexibility index (Phi) is 9.14. The first-order chi connectivity index (χ1) is 22.4. The summed E-state index contributed by atoms with van der Waals surface area (Å²) in [4.78, 5) is 10.6. The lowest BCUT2D eigenvalue weighted by atomic mass is 9.98. The van der Waals surface area contributed by atoms with Crippen LogP contribution < -0.4 is 21.6 Å². The highest BCUT2D eigenvalue weighted by Crippen LogP contribution is 2.38. The maximum absolute atomic E-state index is 14.5. The molecule has 13 heteroatoms. The normalized spacial score (nSPS) is 16.5. The topological polar surface area (TPSA) is 104 Å². The molecule has 0 bridgehead atoms. The average molecular weight is 679 g/mol. The van der Waals surface area contributed by atoms with E-state index in [4.69, 9.17) is 23.2 Å². The number of halogens is 4. The standard InChI is InChI=1S/C34H35Cl2F2N9/c1-19-5-6-22(13-26(19)35)42-30-21(15-39)17-40-32-25(30)12-23(14-27(32)36)43-31(20-11-28(37)33(38)41-16-20)29-18-47(45-44-29)24-7-9-46(10-8-24)34(2,3)4/h5-6,11-14,16-18,24,31,43-45H,7-10H2,1-4H3,(H,40,42)/t31-/m0/s1. The van der Waals surface area contributed by atoms with Crippen molar-refractivity contribution in [2.24, 2.45) is 0 Å². The number of piperidine rings is 1. The van der Waals surface area contributed by atoms with Crippen LogP contribution in [-0.4, -0.2) is 44.5 Å². The van der Waals surface area contributed by atoms with Crippen molar-refractivity contribution in [2.75, 3.05) is 23.7 Å². The second kappa shape index (κ2) is 13.1. The number of likely N-dealkylation sites (tertiary alicyclic amines) is 1. The molecule has 0 aliphatic carbocycles. The van der Waals surface area contributed by atoms with E-state index < -0.39 is 17.8 Å². The summed E-state index contributed by atoms with van der Waals surface area (Å²) >= 11 is 13.2. The minimum Gasteiger partial charge on any atom is -0.373 e. The van der Waals surface area contributed by atoms with E-state index in [1.54, 1.807) is 12.1 Å². The molecule has 1 fully saturated rings. The van der Waals surface area contributed by atoms with Gasteiger partial charge in [-0.1, -0.05) is 29.3 Å². The number of pyridine rings is 2. The van der Waals surface area contributed by atoms with E-state index in [-0.39, 0.29) is 11.6 Å². The summed E-state index contributed by atoms with van der Waals surface area (Å²) in [5.41, 5.74) is 11.1. The van der Waals surface area contributed by atoms with Gasteiger partial charge in [-0.05, 0) is 76.4 Å². The number of fused-ring (bicyclic) bond motifs is 1. The summed E-state index contributed by atoms with van der Waals surface area (Å²) in [7, 11) is 0. The Morgan fingerprint density at radius 3 is 2.45 bits per heavy atom. The number of aryl methyl sites for hydroxylation is 1. The Balaban J connectivity index is 1.36. The van der Waals surface area contributed by atoms with Crippen LogP contribution in [0.1, 0.15) is 56.3 Å². The van der Waals surface area contributed by atoms with Crippen molar-refractivity contribution in [3.8, 4) is 6.07 Å². The van der Waals surface area contributed by atoms with Gasteiger partial charge in [-0.3, -0.25) is 14.9 Å². The monoisotopic (exact) mass is 677 g/mol. The largest absolute Gasteiger partial charge is 0.373 e. The SMILES string of the molecule is Cc1ccc(Nc2c(C#N)cnc3c(Cl)cc(N[C@H](C4=CN(C5CCN(C(C)(C)C)CC5)NN4)c4cnc(F)c(F)c4)cc23)cc1Cl. The summed E-state index contributed by atoms with van der Waals surface area (Å²) in [6, 6.07) is 11.9. The number of hydrogen-bond donors (Lipinski definition) is 4. The zero-order valence-corrected chi connectivity index (χ0v) is 27.9. The van der Waals surface area contributed by atoms with Crippen molar-refractivity contribution < 1.29 is 8.78 Å². The molecule has 0 amide bonds. The zero-order chi connectivity index (χ0) is 33.5. The summed E-state index contributed by atoms with van der Waals surface area (Å²) in [6.07, 6.45) is 6.63. The van der Waals surface area contributed by atoms with Crippen molar-refractivity contribution in [1.29, 1.82) is 5.26 Å². The third-order valence-corrected chi connectivity index (χ3v) is 9.37. The van der Waals surface area contributed by atoms with E-state index in [1.165, 1.54) is 12.4 Å². The fraction of sp³-hybridized carbons (Fsp3) is 0.324. The maximum atomic E-state index is 14.5. The maximum Gasteiger partial charge on any atom is 0.248 e. The zero-order valence-electron chi connectivity index (χ0n) is 26.4. The molecule has 4 N–H and O–H groups in total. The predicted octanol–water partition coefficient (Wildman–Crippen LogP) is 7.72. The van der Waals surface area contributed by atoms with Gasteiger partial charge in [-0.2, -0.15) is 9.65 Å². The van der Waals surface area contributed by atoms with Gasteiger partial charge < -0.3 is 16.1 Å². The first kappa shape index (κ1) is 32.7. The molecule has 2 aliphatic rings. The molecule has 1 atom stereocenters. The molecule has 0 radical (unpaired) electrons. The predicted molar refractivity (Wildman–Crippen MR) is 182 cm³/mol. The number of anilines is 3. The third-order valence-electron chi connectivity index (χ3n) is 8.67. The Morgan fingerprint density at radius 2 is 1.77 bits per heavy atom. The first-order valence-electron chi connectivity index (χ1n) is 15.3. The quantitative estimate of drug-likeness (QED) is 0.146. The lowest BCUT2D eigenvalue weighted by Gasteiger charge is -2.42. The molecule has 4 aromatic rings. The number of nitriles is 1. The van der Waals surface area contributed by atoms with Crippen molar-refractivity contribution >= 4 is 51.2 Å². The number of hydrazine groups is 2. The van der Waals surface area contributed by atoms with Crippen molar-refractivity contribution in [3.05, 3.63) is 99.2 Å². The highest BCUT2D eigenvalue weighted by Gasteiger charge is 2.32. The van der Waals surface area contributed by atoms with Gasteiger partial charge in [0.15, 0.2) is 5.82 Å². The van der Waals surface area contributed by atoms with Gasteiger partial charge in [0.1, 0.15) is 6.07 Å². The molecule has 4 heterocycles. The molecule has 2 aliphatic heterocycles. The van der Waals surface area contributed by atoms with E-state index in [0.717, 1.165) is 37.6 Å². The molecule has 6 rings (SSSR count). The number of hydrogen-bond acceptors (Lipinski definition) is 9. The Bertz CT molecular complexity index is 1900. The van der Waals surface area contributed by atoms with Gasteiger partial charge in [0.2, 0.25) is 5.95 Å². The van der Waals surface area contributed by atoms with Crippen LogP contribution in [0.2, 0.25) is 10.0 Å². The highest BCUT2D eigenvalue weighted by atomic mass is 35.5. The second-order valence-corrected chi connectivity index (χ2v) is 13.7.